The fourth-order valence-corrected chi connectivity index (χ4v) is 4.87. The number of hydrogen-bond donors (Lipinski definition) is 2. The number of likely N-dealkylation sites (N-methyl/N-ethyl adjacent to an activating group) is 1. The van der Waals surface area contributed by atoms with Crippen LogP contribution in [0.2, 0.25) is 0 Å². The average Bonchev–Trinajstić information content (AvgIpc) is 2.95. The lowest BCUT2D eigenvalue weighted by Gasteiger charge is -2.23. The summed E-state index contributed by atoms with van der Waals surface area (Å²) in [6.45, 7) is 4.46. The second kappa shape index (κ2) is 12.8. The topological polar surface area (TPSA) is 77.3 Å². The third-order valence-electron chi connectivity index (χ3n) is 7.14. The Morgan fingerprint density at radius 3 is 2.30 bits per heavy atom. The quantitative estimate of drug-likeness (QED) is 0.275. The zero-order chi connectivity index (χ0) is 28.8. The summed E-state index contributed by atoms with van der Waals surface area (Å²) in [6.07, 6.45) is 0. The molecule has 0 aliphatic rings. The lowest BCUT2D eigenvalue weighted by Crippen LogP contribution is -2.45. The average molecular weight is 549 g/mol. The van der Waals surface area contributed by atoms with Crippen molar-refractivity contribution in [3.8, 4) is 16.9 Å². The molecule has 1 heterocycles. The van der Waals surface area contributed by atoms with E-state index in [9.17, 15) is 14.0 Å². The van der Waals surface area contributed by atoms with Crippen LogP contribution in [0.5, 0.6) is 5.75 Å². The zero-order valence-electron chi connectivity index (χ0n) is 23.1. The molecule has 1 aromatic heterocycles. The first-order chi connectivity index (χ1) is 19.3. The van der Waals surface area contributed by atoms with E-state index >= 15 is 4.39 Å². The zero-order valence-corrected chi connectivity index (χ0v) is 23.1. The van der Waals surface area contributed by atoms with Gasteiger partial charge in [-0.15, -0.1) is 0 Å². The van der Waals surface area contributed by atoms with E-state index in [-0.39, 0.29) is 35.7 Å². The van der Waals surface area contributed by atoms with Gasteiger partial charge in [0.25, 0.3) is 5.56 Å². The van der Waals surface area contributed by atoms with Gasteiger partial charge in [-0.25, -0.2) is 13.6 Å². The molecule has 2 N–H and O–H groups in total. The summed E-state index contributed by atoms with van der Waals surface area (Å²) in [5.41, 5.74) is 0.898. The number of rotatable bonds is 11. The summed E-state index contributed by atoms with van der Waals surface area (Å²) >= 11 is 0. The maximum absolute atomic E-state index is 15.5. The van der Waals surface area contributed by atoms with Crippen molar-refractivity contribution in [3.63, 3.8) is 0 Å². The summed E-state index contributed by atoms with van der Waals surface area (Å²) in [6, 6.07) is 18.3. The first-order valence-electron chi connectivity index (χ1n) is 13.1. The molecule has 0 saturated heterocycles. The number of ether oxygens (including phenoxy) is 1. The van der Waals surface area contributed by atoms with Gasteiger partial charge in [0.2, 0.25) is 0 Å². The summed E-state index contributed by atoms with van der Waals surface area (Å²) in [5.74, 6) is -1.20. The maximum Gasteiger partial charge on any atom is 0.331 e. The third-order valence-corrected chi connectivity index (χ3v) is 7.14. The van der Waals surface area contributed by atoms with Gasteiger partial charge < -0.3 is 15.4 Å². The maximum atomic E-state index is 15.5. The molecule has 40 heavy (non-hydrogen) atoms. The van der Waals surface area contributed by atoms with Gasteiger partial charge in [0.05, 0.1) is 31.8 Å². The number of methoxy groups -OCH3 is 1. The summed E-state index contributed by atoms with van der Waals surface area (Å²) < 4.78 is 38.0. The lowest BCUT2D eigenvalue weighted by atomic mass is 10.0. The highest BCUT2D eigenvalue weighted by atomic mass is 19.1. The van der Waals surface area contributed by atoms with Crippen LogP contribution in [0.1, 0.15) is 28.4 Å². The first-order valence-corrected chi connectivity index (χ1v) is 13.1. The third kappa shape index (κ3) is 5.90. The summed E-state index contributed by atoms with van der Waals surface area (Å²) in [5, 5.41) is 6.48. The number of nitrogens with one attached hydrogen (secondary N) is 2. The van der Waals surface area contributed by atoms with Crippen molar-refractivity contribution < 1.29 is 13.5 Å². The Bertz CT molecular complexity index is 1580. The van der Waals surface area contributed by atoms with Crippen LogP contribution in [0.4, 0.5) is 8.78 Å². The molecule has 4 aromatic rings. The molecule has 9 heteroatoms. The standard InChI is InChI=1S/C31H34F2N4O3/c1-20-10-8-14-25(32)24(20)18-36-21(2)28(23-13-9-15-27(40-4)29(23)33)30(38)37(31(36)39)19-26(35-17-16-34-3)22-11-6-5-7-12-22/h5-15,26,34-35H,16-19H2,1-4H3. The van der Waals surface area contributed by atoms with Crippen molar-refractivity contribution in [1.82, 2.24) is 19.8 Å². The minimum Gasteiger partial charge on any atom is -0.494 e. The van der Waals surface area contributed by atoms with E-state index in [0.29, 0.717) is 24.2 Å². The SMILES string of the molecule is CNCCNC(Cn1c(=O)c(-c2cccc(OC)c2F)c(C)n(Cc2c(C)cccc2F)c1=O)c1ccccc1. The van der Waals surface area contributed by atoms with Gasteiger partial charge in [-0.3, -0.25) is 13.9 Å². The largest absolute Gasteiger partial charge is 0.494 e. The second-order valence-electron chi connectivity index (χ2n) is 9.62. The van der Waals surface area contributed by atoms with Crippen molar-refractivity contribution in [2.24, 2.45) is 0 Å². The van der Waals surface area contributed by atoms with E-state index in [0.717, 1.165) is 10.1 Å². The van der Waals surface area contributed by atoms with Gasteiger partial charge >= 0.3 is 5.69 Å². The molecule has 210 valence electrons. The molecule has 1 atom stereocenters. The van der Waals surface area contributed by atoms with Crippen LogP contribution in [0, 0.1) is 25.5 Å². The fourth-order valence-electron chi connectivity index (χ4n) is 4.87. The summed E-state index contributed by atoms with van der Waals surface area (Å²) in [7, 11) is 3.18. The highest BCUT2D eigenvalue weighted by Gasteiger charge is 2.24. The minimum atomic E-state index is -0.712. The lowest BCUT2D eigenvalue weighted by molar-refractivity contribution is 0.387. The van der Waals surface area contributed by atoms with Crippen molar-refractivity contribution in [2.75, 3.05) is 27.2 Å². The van der Waals surface area contributed by atoms with Crippen molar-refractivity contribution >= 4 is 0 Å². The van der Waals surface area contributed by atoms with E-state index < -0.39 is 28.9 Å². The van der Waals surface area contributed by atoms with Crippen molar-refractivity contribution in [2.45, 2.75) is 33.0 Å². The molecule has 0 saturated carbocycles. The highest BCUT2D eigenvalue weighted by Crippen LogP contribution is 2.29. The molecule has 0 fully saturated rings. The predicted molar refractivity (Wildman–Crippen MR) is 153 cm³/mol. The molecule has 0 aliphatic carbocycles. The molecule has 0 aliphatic heterocycles. The molecule has 3 aromatic carbocycles. The van der Waals surface area contributed by atoms with E-state index in [4.69, 9.17) is 4.74 Å². The normalized spacial score (nSPS) is 11.9. The number of halogens is 2. The Balaban J connectivity index is 1.96. The molecular weight excluding hydrogens is 514 g/mol. The van der Waals surface area contributed by atoms with Crippen LogP contribution in [0.15, 0.2) is 76.3 Å². The predicted octanol–water partition coefficient (Wildman–Crippen LogP) is 4.18. The number of benzene rings is 3. The van der Waals surface area contributed by atoms with Gasteiger partial charge in [0.1, 0.15) is 5.82 Å². The van der Waals surface area contributed by atoms with E-state index in [1.165, 1.54) is 29.9 Å². The van der Waals surface area contributed by atoms with Crippen LogP contribution < -0.4 is 26.6 Å². The molecule has 1 unspecified atom stereocenters. The molecule has 7 nitrogen and oxygen atoms in total. The van der Waals surface area contributed by atoms with E-state index in [2.05, 4.69) is 10.6 Å². The van der Waals surface area contributed by atoms with Crippen molar-refractivity contribution in [3.05, 3.63) is 122 Å². The Hall–Kier alpha value is -4.08. The number of nitrogens with zero attached hydrogens (tertiary/aromatic N) is 2. The van der Waals surface area contributed by atoms with Gasteiger partial charge in [0, 0.05) is 29.9 Å². The van der Waals surface area contributed by atoms with Crippen LogP contribution in [-0.2, 0) is 13.1 Å². The number of aromatic nitrogens is 2. The molecule has 0 radical (unpaired) electrons. The van der Waals surface area contributed by atoms with E-state index in [1.54, 1.807) is 32.0 Å². The van der Waals surface area contributed by atoms with Gasteiger partial charge in [0.15, 0.2) is 11.6 Å². The number of aryl methyl sites for hydroxylation is 1. The van der Waals surface area contributed by atoms with Crippen LogP contribution >= 0.6 is 0 Å². The van der Waals surface area contributed by atoms with E-state index in [1.807, 2.05) is 37.4 Å². The smallest absolute Gasteiger partial charge is 0.331 e. The minimum absolute atomic E-state index is 0.00834. The Kier molecular flexibility index (Phi) is 9.29. The van der Waals surface area contributed by atoms with Crippen molar-refractivity contribution in [1.29, 1.82) is 0 Å². The highest BCUT2D eigenvalue weighted by molar-refractivity contribution is 5.67. The molecule has 0 bridgehead atoms. The Morgan fingerprint density at radius 1 is 0.900 bits per heavy atom. The summed E-state index contributed by atoms with van der Waals surface area (Å²) in [4.78, 5) is 28.0. The molecule has 0 amide bonds. The Labute approximate surface area is 232 Å². The first kappa shape index (κ1) is 28.9. The molecule has 4 rings (SSSR count). The molecule has 0 spiro atoms. The van der Waals surface area contributed by atoms with Gasteiger partial charge in [-0.1, -0.05) is 54.6 Å². The monoisotopic (exact) mass is 548 g/mol. The Morgan fingerprint density at radius 2 is 1.62 bits per heavy atom. The molecular formula is C31H34F2N4O3. The van der Waals surface area contributed by atoms with Crippen LogP contribution in [0.25, 0.3) is 11.1 Å². The van der Waals surface area contributed by atoms with Gasteiger partial charge in [-0.2, -0.15) is 0 Å². The van der Waals surface area contributed by atoms with Crippen LogP contribution in [0.3, 0.4) is 0 Å². The fraction of sp³-hybridized carbons (Fsp3) is 0.290. The number of hydrogen-bond acceptors (Lipinski definition) is 5. The second-order valence-corrected chi connectivity index (χ2v) is 9.62. The van der Waals surface area contributed by atoms with Gasteiger partial charge in [-0.05, 0) is 44.2 Å². The van der Waals surface area contributed by atoms with Crippen LogP contribution in [-0.4, -0.2) is 36.4 Å².